The van der Waals surface area contributed by atoms with Gasteiger partial charge in [0, 0.05) is 17.5 Å². The molecule has 1 saturated heterocycles. The fourth-order valence-corrected chi connectivity index (χ4v) is 5.63. The highest BCUT2D eigenvalue weighted by atomic mass is 16.6. The Kier molecular flexibility index (Phi) is 8.95. The van der Waals surface area contributed by atoms with E-state index in [9.17, 15) is 9.59 Å². The van der Waals surface area contributed by atoms with Crippen LogP contribution in [0.3, 0.4) is 0 Å². The van der Waals surface area contributed by atoms with Crippen LogP contribution in [-0.2, 0) is 4.74 Å². The topological polar surface area (TPSA) is 46.7 Å². The van der Waals surface area contributed by atoms with Crippen LogP contribution in [0.15, 0.2) is 35.9 Å². The molecule has 0 N–H and O–H groups in total. The molecule has 1 fully saturated rings. The second-order valence-electron chi connectivity index (χ2n) is 11.8. The van der Waals surface area contributed by atoms with Crippen LogP contribution in [0.2, 0.25) is 0 Å². The highest BCUT2D eigenvalue weighted by molar-refractivity contribution is 6.25. The van der Waals surface area contributed by atoms with Gasteiger partial charge in [-0.15, -0.1) is 0 Å². The molecule has 3 rings (SSSR count). The van der Waals surface area contributed by atoms with Crippen LogP contribution < -0.4 is 0 Å². The summed E-state index contributed by atoms with van der Waals surface area (Å²) in [6.45, 7) is 13.3. The Labute approximate surface area is 207 Å². The van der Waals surface area contributed by atoms with Gasteiger partial charge in [-0.1, -0.05) is 109 Å². The second-order valence-corrected chi connectivity index (χ2v) is 11.8. The first-order valence-electron chi connectivity index (χ1n) is 13.6. The zero-order chi connectivity index (χ0) is 24.9. The first-order chi connectivity index (χ1) is 16.1. The van der Waals surface area contributed by atoms with Crippen molar-refractivity contribution < 1.29 is 14.3 Å². The van der Waals surface area contributed by atoms with Crippen molar-refractivity contribution in [2.75, 3.05) is 0 Å². The molecule has 4 atom stereocenters. The van der Waals surface area contributed by atoms with E-state index in [1.165, 1.54) is 56.9 Å². The Morgan fingerprint density at radius 2 is 1.38 bits per heavy atom. The Morgan fingerprint density at radius 3 is 1.97 bits per heavy atom. The highest BCUT2D eigenvalue weighted by Crippen LogP contribution is 2.57. The molecule has 0 spiro atoms. The van der Waals surface area contributed by atoms with Gasteiger partial charge in [-0.3, -0.25) is 9.59 Å². The normalized spacial score (nSPS) is 25.8. The molecule has 0 aromatic heterocycles. The van der Waals surface area contributed by atoms with Crippen LogP contribution in [-0.4, -0.2) is 22.8 Å². The number of carbonyl (C=O) groups excluding carboxylic acids is 2. The summed E-state index contributed by atoms with van der Waals surface area (Å²) in [6.07, 6.45) is 14.2. The third kappa shape index (κ3) is 5.90. The number of ether oxygens (including phenoxy) is 1. The lowest BCUT2D eigenvalue weighted by Gasteiger charge is -2.22. The molecule has 3 nitrogen and oxygen atoms in total. The molecule has 3 heteroatoms. The predicted octanol–water partition coefficient (Wildman–Crippen LogP) is 8.37. The van der Waals surface area contributed by atoms with Crippen LogP contribution >= 0.6 is 0 Å². The fourth-order valence-electron chi connectivity index (χ4n) is 5.63. The molecule has 0 amide bonds. The van der Waals surface area contributed by atoms with Crippen molar-refractivity contribution in [3.8, 4) is 0 Å². The van der Waals surface area contributed by atoms with Gasteiger partial charge in [-0.25, -0.2) is 0 Å². The van der Waals surface area contributed by atoms with Crippen molar-refractivity contribution in [1.29, 1.82) is 0 Å². The average molecular weight is 467 g/mol. The first-order valence-corrected chi connectivity index (χ1v) is 13.6. The van der Waals surface area contributed by atoms with Gasteiger partial charge in [0.15, 0.2) is 22.8 Å². The summed E-state index contributed by atoms with van der Waals surface area (Å²) in [6, 6.07) is 7.12. The van der Waals surface area contributed by atoms with Crippen LogP contribution in [0.4, 0.5) is 0 Å². The molecule has 2 unspecified atom stereocenters. The van der Waals surface area contributed by atoms with Gasteiger partial charge in [0.1, 0.15) is 0 Å². The number of hydrogen-bond donors (Lipinski definition) is 0. The summed E-state index contributed by atoms with van der Waals surface area (Å²) in [5.41, 5.74) is 0.297. The van der Waals surface area contributed by atoms with E-state index < -0.39 is 11.2 Å². The molecule has 1 aliphatic heterocycles. The summed E-state index contributed by atoms with van der Waals surface area (Å²) >= 11 is 0. The number of Topliss-reactive ketones (excluding diaryl/α,β-unsaturated/α-hetero) is 2. The summed E-state index contributed by atoms with van der Waals surface area (Å²) in [5.74, 6) is 2.34. The van der Waals surface area contributed by atoms with Crippen molar-refractivity contribution >= 4 is 11.6 Å². The lowest BCUT2D eigenvalue weighted by Crippen LogP contribution is -2.43. The lowest BCUT2D eigenvalue weighted by atomic mass is 9.73. The Balaban J connectivity index is 1.39. The molecule has 1 aromatic rings. The molecule has 1 aliphatic carbocycles. The molecule has 1 aromatic carbocycles. The van der Waals surface area contributed by atoms with E-state index in [-0.39, 0.29) is 11.6 Å². The maximum atomic E-state index is 13.2. The van der Waals surface area contributed by atoms with E-state index in [0.29, 0.717) is 17.5 Å². The van der Waals surface area contributed by atoms with Crippen molar-refractivity contribution in [3.63, 3.8) is 0 Å². The minimum absolute atomic E-state index is 0.0405. The minimum Gasteiger partial charge on any atom is -0.345 e. The Bertz CT molecular complexity index is 898. The van der Waals surface area contributed by atoms with Crippen LogP contribution in [0.25, 0.3) is 0 Å². The average Bonchev–Trinajstić information content (AvgIpc) is 3.43. The molecular weight excluding hydrogens is 420 g/mol. The standard InChI is InChI=1S/C31H46O3/c1-22(2)12-9-13-23(3)14-10-15-24(4)16-11-17-25(5)20-21-31-29(33)27-19-8-7-18-26(27)28(32)30(31,6)34-31/h7-8,18-20,22-24H,9-17,21H2,1-6H3/b25-20+/t23-,24-,30?,31?/m1/s1. The number of allylic oxidation sites excluding steroid dienone is 1. The van der Waals surface area contributed by atoms with Crippen LogP contribution in [0, 0.1) is 17.8 Å². The summed E-state index contributed by atoms with van der Waals surface area (Å²) in [5, 5.41) is 0. The zero-order valence-electron chi connectivity index (χ0n) is 22.4. The smallest absolute Gasteiger partial charge is 0.199 e. The van der Waals surface area contributed by atoms with E-state index >= 15 is 0 Å². The van der Waals surface area contributed by atoms with Gasteiger partial charge in [0.2, 0.25) is 0 Å². The van der Waals surface area contributed by atoms with Crippen molar-refractivity contribution in [3.05, 3.63) is 47.0 Å². The van der Waals surface area contributed by atoms with E-state index in [1.54, 1.807) is 19.1 Å². The maximum Gasteiger partial charge on any atom is 0.199 e. The maximum absolute atomic E-state index is 13.2. The van der Waals surface area contributed by atoms with E-state index in [0.717, 1.165) is 24.2 Å². The number of epoxide rings is 1. The number of rotatable bonds is 14. The molecule has 2 aliphatic rings. The molecular formula is C31H46O3. The molecule has 1 heterocycles. The number of fused-ring (bicyclic) bond motifs is 2. The molecule has 34 heavy (non-hydrogen) atoms. The van der Waals surface area contributed by atoms with E-state index in [2.05, 4.69) is 40.7 Å². The summed E-state index contributed by atoms with van der Waals surface area (Å²) in [4.78, 5) is 26.1. The highest BCUT2D eigenvalue weighted by Gasteiger charge is 2.77. The predicted molar refractivity (Wildman–Crippen MR) is 140 cm³/mol. The molecule has 0 bridgehead atoms. The van der Waals surface area contributed by atoms with Crippen LogP contribution in [0.5, 0.6) is 0 Å². The van der Waals surface area contributed by atoms with Crippen molar-refractivity contribution in [1.82, 2.24) is 0 Å². The first kappa shape index (κ1) is 26.9. The Hall–Kier alpha value is -1.74. The summed E-state index contributed by atoms with van der Waals surface area (Å²) < 4.78 is 5.91. The number of hydrogen-bond acceptors (Lipinski definition) is 3. The summed E-state index contributed by atoms with van der Waals surface area (Å²) in [7, 11) is 0. The fraction of sp³-hybridized carbons (Fsp3) is 0.677. The van der Waals surface area contributed by atoms with Gasteiger partial charge in [-0.2, -0.15) is 0 Å². The van der Waals surface area contributed by atoms with Gasteiger partial charge < -0.3 is 4.74 Å². The third-order valence-corrected chi connectivity index (χ3v) is 8.20. The van der Waals surface area contributed by atoms with E-state index in [1.807, 2.05) is 12.1 Å². The van der Waals surface area contributed by atoms with Gasteiger partial charge in [0.05, 0.1) is 0 Å². The SMILES string of the molecule is C/C(=C\CC12OC1(C)C(=O)c1ccccc1C2=O)CCC[C@H](C)CCC[C@H](C)CCCC(C)C. The van der Waals surface area contributed by atoms with Crippen LogP contribution in [0.1, 0.15) is 126 Å². The minimum atomic E-state index is -1.00. The monoisotopic (exact) mass is 466 g/mol. The molecule has 0 radical (unpaired) electrons. The quantitative estimate of drug-likeness (QED) is 0.204. The van der Waals surface area contributed by atoms with Gasteiger partial charge in [-0.05, 0) is 44.4 Å². The number of carbonyl (C=O) groups is 2. The van der Waals surface area contributed by atoms with Gasteiger partial charge in [0.25, 0.3) is 0 Å². The lowest BCUT2D eigenvalue weighted by molar-refractivity contribution is 0.0847. The third-order valence-electron chi connectivity index (χ3n) is 8.20. The second kappa shape index (κ2) is 11.3. The van der Waals surface area contributed by atoms with Crippen molar-refractivity contribution in [2.24, 2.45) is 17.8 Å². The van der Waals surface area contributed by atoms with E-state index in [4.69, 9.17) is 4.74 Å². The van der Waals surface area contributed by atoms with Gasteiger partial charge >= 0.3 is 0 Å². The largest absolute Gasteiger partial charge is 0.345 e. The zero-order valence-corrected chi connectivity index (χ0v) is 22.4. The molecule has 0 saturated carbocycles. The Morgan fingerprint density at radius 1 is 0.853 bits per heavy atom. The number of ketones is 2. The molecule has 188 valence electrons. The van der Waals surface area contributed by atoms with Crippen molar-refractivity contribution in [2.45, 2.75) is 117 Å². The number of benzene rings is 1.